The van der Waals surface area contributed by atoms with Crippen molar-refractivity contribution in [3.63, 3.8) is 0 Å². The summed E-state index contributed by atoms with van der Waals surface area (Å²) in [6.07, 6.45) is 2.00. The van der Waals surface area contributed by atoms with Gasteiger partial charge in [-0.2, -0.15) is 0 Å². The highest BCUT2D eigenvalue weighted by atomic mass is 15.3. The van der Waals surface area contributed by atoms with Crippen molar-refractivity contribution in [3.8, 4) is 0 Å². The lowest BCUT2D eigenvalue weighted by atomic mass is 10.1. The molecule has 1 aliphatic rings. The molecule has 1 aliphatic heterocycles. The first-order valence-corrected chi connectivity index (χ1v) is 7.84. The highest BCUT2D eigenvalue weighted by molar-refractivity contribution is 5.32. The fourth-order valence-electron chi connectivity index (χ4n) is 3.13. The Labute approximate surface area is 127 Å². The smallest absolute Gasteiger partial charge is 0.274 e. The number of hydrogen-bond donors (Lipinski definition) is 1. The van der Waals surface area contributed by atoms with Crippen LogP contribution in [0.4, 0.5) is 5.82 Å². The van der Waals surface area contributed by atoms with Crippen molar-refractivity contribution in [2.24, 2.45) is 0 Å². The van der Waals surface area contributed by atoms with Gasteiger partial charge in [0.25, 0.3) is 5.82 Å². The molecule has 0 unspecified atom stereocenters. The van der Waals surface area contributed by atoms with Crippen LogP contribution in [0.25, 0.3) is 0 Å². The van der Waals surface area contributed by atoms with Crippen LogP contribution in [0.3, 0.4) is 0 Å². The molecule has 2 heterocycles. The van der Waals surface area contributed by atoms with Crippen molar-refractivity contribution in [2.45, 2.75) is 20.4 Å². The van der Waals surface area contributed by atoms with E-state index in [1.54, 1.807) is 4.90 Å². The fourth-order valence-corrected chi connectivity index (χ4v) is 3.13. The van der Waals surface area contributed by atoms with E-state index >= 15 is 0 Å². The average molecular weight is 283 g/mol. The first-order chi connectivity index (χ1) is 10.2. The number of piperazine rings is 1. The summed E-state index contributed by atoms with van der Waals surface area (Å²) >= 11 is 0. The maximum Gasteiger partial charge on any atom is 0.274 e. The number of anilines is 1. The minimum absolute atomic E-state index is 1.13. The van der Waals surface area contributed by atoms with Crippen molar-refractivity contribution in [2.75, 3.05) is 31.1 Å². The van der Waals surface area contributed by atoms with Gasteiger partial charge in [0.15, 0.2) is 0 Å². The van der Waals surface area contributed by atoms with E-state index in [4.69, 9.17) is 0 Å². The lowest BCUT2D eigenvalue weighted by Crippen LogP contribution is -3.13. The molecule has 0 saturated carbocycles. The highest BCUT2D eigenvalue weighted by Crippen LogP contribution is 2.10. The monoisotopic (exact) mass is 283 g/mol. The van der Waals surface area contributed by atoms with Crippen LogP contribution in [-0.4, -0.2) is 26.2 Å². The molecule has 2 N–H and O–H groups in total. The van der Waals surface area contributed by atoms with E-state index in [9.17, 15) is 0 Å². The molecule has 3 heteroatoms. The number of aryl methyl sites for hydroxylation is 2. The second kappa shape index (κ2) is 6.27. The van der Waals surface area contributed by atoms with Gasteiger partial charge in [0.05, 0.1) is 6.20 Å². The fraction of sp³-hybridized carbons (Fsp3) is 0.389. The number of benzene rings is 1. The Balaban J connectivity index is 1.59. The predicted octanol–water partition coefficient (Wildman–Crippen LogP) is 1.02. The Hall–Kier alpha value is -1.87. The molecule has 0 bridgehead atoms. The first-order valence-electron chi connectivity index (χ1n) is 7.84. The third-order valence-electron chi connectivity index (χ3n) is 4.44. The molecule has 110 valence electrons. The Morgan fingerprint density at radius 2 is 1.90 bits per heavy atom. The zero-order valence-electron chi connectivity index (χ0n) is 13.0. The van der Waals surface area contributed by atoms with Gasteiger partial charge in [-0.3, -0.25) is 4.90 Å². The number of aromatic nitrogens is 1. The standard InChI is InChI=1S/C18H23N3/c1-15-6-7-17(16(2)13-15)14-20-9-11-21(12-10-20)18-5-3-4-8-19-18/h3-8,13H,9-12,14H2,1-2H3/p+2. The van der Waals surface area contributed by atoms with Crippen molar-refractivity contribution in [1.29, 1.82) is 0 Å². The first kappa shape index (κ1) is 14.1. The van der Waals surface area contributed by atoms with Crippen molar-refractivity contribution < 1.29 is 9.88 Å². The van der Waals surface area contributed by atoms with E-state index in [1.165, 1.54) is 35.6 Å². The van der Waals surface area contributed by atoms with Crippen LogP contribution in [0.5, 0.6) is 0 Å². The van der Waals surface area contributed by atoms with Crippen LogP contribution < -0.4 is 14.8 Å². The number of nitrogens with one attached hydrogen (secondary N) is 2. The molecule has 0 amide bonds. The van der Waals surface area contributed by atoms with E-state index < -0.39 is 0 Å². The normalized spacial score (nSPS) is 16.2. The molecular weight excluding hydrogens is 258 g/mol. The lowest BCUT2D eigenvalue weighted by molar-refractivity contribution is -0.914. The Bertz CT molecular complexity index is 587. The molecule has 0 aliphatic carbocycles. The number of pyridine rings is 1. The summed E-state index contributed by atoms with van der Waals surface area (Å²) in [7, 11) is 0. The van der Waals surface area contributed by atoms with Crippen LogP contribution in [0.15, 0.2) is 42.6 Å². The molecule has 3 rings (SSSR count). The van der Waals surface area contributed by atoms with E-state index in [1.807, 2.05) is 12.3 Å². The maximum atomic E-state index is 3.33. The number of hydrogen-bond acceptors (Lipinski definition) is 1. The van der Waals surface area contributed by atoms with Crippen LogP contribution in [-0.2, 0) is 6.54 Å². The summed E-state index contributed by atoms with van der Waals surface area (Å²) in [5, 5.41) is 0. The van der Waals surface area contributed by atoms with Gasteiger partial charge < -0.3 is 4.90 Å². The van der Waals surface area contributed by atoms with Crippen LogP contribution in [0, 0.1) is 13.8 Å². The molecule has 1 saturated heterocycles. The largest absolute Gasteiger partial charge is 0.325 e. The third-order valence-corrected chi connectivity index (χ3v) is 4.44. The summed E-state index contributed by atoms with van der Waals surface area (Å²) in [5.41, 5.74) is 4.28. The van der Waals surface area contributed by atoms with Gasteiger partial charge in [0.2, 0.25) is 0 Å². The number of H-pyrrole nitrogens is 1. The zero-order valence-corrected chi connectivity index (χ0v) is 13.0. The van der Waals surface area contributed by atoms with Gasteiger partial charge in [-0.15, -0.1) is 0 Å². The molecule has 1 aromatic heterocycles. The second-order valence-corrected chi connectivity index (χ2v) is 6.09. The van der Waals surface area contributed by atoms with Crippen LogP contribution in [0.1, 0.15) is 16.7 Å². The quantitative estimate of drug-likeness (QED) is 0.892. The van der Waals surface area contributed by atoms with E-state index in [2.05, 4.69) is 54.1 Å². The van der Waals surface area contributed by atoms with E-state index in [0.29, 0.717) is 0 Å². The minimum Gasteiger partial charge on any atom is -0.325 e. The topological polar surface area (TPSA) is 21.8 Å². The molecular formula is C18H25N3+2. The molecule has 21 heavy (non-hydrogen) atoms. The summed E-state index contributed by atoms with van der Waals surface area (Å²) in [6.45, 7) is 10.2. The van der Waals surface area contributed by atoms with Crippen molar-refractivity contribution >= 4 is 5.82 Å². The summed E-state index contributed by atoms with van der Waals surface area (Å²) in [4.78, 5) is 7.47. The van der Waals surface area contributed by atoms with Gasteiger partial charge in [0, 0.05) is 11.6 Å². The number of nitrogens with zero attached hydrogens (tertiary/aromatic N) is 1. The number of aromatic amines is 1. The van der Waals surface area contributed by atoms with Gasteiger partial charge in [-0.1, -0.05) is 29.8 Å². The molecule has 2 aromatic rings. The lowest BCUT2D eigenvalue weighted by Gasteiger charge is -2.28. The van der Waals surface area contributed by atoms with Crippen molar-refractivity contribution in [3.05, 3.63) is 59.3 Å². The number of quaternary nitrogens is 1. The van der Waals surface area contributed by atoms with Crippen LogP contribution >= 0.6 is 0 Å². The molecule has 0 radical (unpaired) electrons. The van der Waals surface area contributed by atoms with Gasteiger partial charge in [-0.25, -0.2) is 4.98 Å². The maximum absolute atomic E-state index is 3.33. The van der Waals surface area contributed by atoms with E-state index in [-0.39, 0.29) is 0 Å². The predicted molar refractivity (Wildman–Crippen MR) is 85.5 cm³/mol. The second-order valence-electron chi connectivity index (χ2n) is 6.09. The molecule has 0 spiro atoms. The Morgan fingerprint density at radius 1 is 1.10 bits per heavy atom. The third kappa shape index (κ3) is 3.42. The van der Waals surface area contributed by atoms with Crippen molar-refractivity contribution in [1.82, 2.24) is 0 Å². The van der Waals surface area contributed by atoms with Gasteiger partial charge in [-0.05, 0) is 25.5 Å². The molecule has 0 atom stereocenters. The molecule has 1 aromatic carbocycles. The van der Waals surface area contributed by atoms with Crippen LogP contribution in [0.2, 0.25) is 0 Å². The number of rotatable bonds is 3. The summed E-state index contributed by atoms with van der Waals surface area (Å²) in [5.74, 6) is 1.24. The Kier molecular flexibility index (Phi) is 4.20. The minimum atomic E-state index is 1.13. The molecule has 3 nitrogen and oxygen atoms in total. The zero-order chi connectivity index (χ0) is 14.7. The van der Waals surface area contributed by atoms with Gasteiger partial charge in [0.1, 0.15) is 32.7 Å². The SMILES string of the molecule is Cc1ccc(C[NH+]2CCN(c3cccc[nH+]3)CC2)c(C)c1. The summed E-state index contributed by atoms with van der Waals surface area (Å²) in [6, 6.07) is 13.1. The van der Waals surface area contributed by atoms with E-state index in [0.717, 1.165) is 19.6 Å². The highest BCUT2D eigenvalue weighted by Gasteiger charge is 2.25. The molecule has 1 fully saturated rings. The Morgan fingerprint density at radius 3 is 2.57 bits per heavy atom. The van der Waals surface area contributed by atoms with Gasteiger partial charge >= 0.3 is 0 Å². The average Bonchev–Trinajstić information content (AvgIpc) is 2.52. The summed E-state index contributed by atoms with van der Waals surface area (Å²) < 4.78 is 0.